The van der Waals surface area contributed by atoms with Gasteiger partial charge in [0, 0.05) is 13.5 Å². The van der Waals surface area contributed by atoms with E-state index in [0.717, 1.165) is 17.3 Å². The van der Waals surface area contributed by atoms with Crippen LogP contribution in [0.1, 0.15) is 5.56 Å². The van der Waals surface area contributed by atoms with E-state index < -0.39 is 17.5 Å². The molecule has 1 aromatic rings. The molecule has 2 N–H and O–H groups in total. The predicted octanol–water partition coefficient (Wildman–Crippen LogP) is 0.173. The number of aliphatic hydroxyl groups excluding tert-OH is 1. The number of nitrogens with zero attached hydrogens (tertiary/aromatic N) is 2. The quantitative estimate of drug-likeness (QED) is 0.814. The Morgan fingerprint density at radius 2 is 2.14 bits per heavy atom. The fourth-order valence-corrected chi connectivity index (χ4v) is 3.88. The summed E-state index contributed by atoms with van der Waals surface area (Å²) < 4.78 is 0. The number of phenols is 1. The molecular formula is C14H16N2O4S. The van der Waals surface area contributed by atoms with Crippen molar-refractivity contribution in [3.05, 3.63) is 23.8 Å². The zero-order chi connectivity index (χ0) is 15.4. The molecule has 21 heavy (non-hydrogen) atoms. The van der Waals surface area contributed by atoms with E-state index in [1.807, 2.05) is 0 Å². The second kappa shape index (κ2) is 4.64. The predicted molar refractivity (Wildman–Crippen MR) is 79.2 cm³/mol. The number of hydrogen-bond acceptors (Lipinski definition) is 5. The first-order valence-electron chi connectivity index (χ1n) is 6.56. The summed E-state index contributed by atoms with van der Waals surface area (Å²) in [5, 5.41) is 19.8. The van der Waals surface area contributed by atoms with Gasteiger partial charge in [0.05, 0.1) is 12.3 Å². The number of hydrogen-bond donors (Lipinski definition) is 2. The molecule has 2 amide bonds. The fourth-order valence-electron chi connectivity index (χ4n) is 3.11. The van der Waals surface area contributed by atoms with E-state index >= 15 is 0 Å². The molecule has 2 aliphatic rings. The molecule has 6 nitrogen and oxygen atoms in total. The molecule has 7 heteroatoms. The van der Waals surface area contributed by atoms with E-state index in [0.29, 0.717) is 12.1 Å². The number of carbonyl (C=O) groups is 2. The second-order valence-corrected chi connectivity index (χ2v) is 6.31. The van der Waals surface area contributed by atoms with Gasteiger partial charge in [0.25, 0.3) is 5.91 Å². The average molecular weight is 308 g/mol. The van der Waals surface area contributed by atoms with E-state index in [4.69, 9.17) is 0 Å². The first-order chi connectivity index (χ1) is 9.97. The normalized spacial score (nSPS) is 27.9. The Morgan fingerprint density at radius 1 is 1.43 bits per heavy atom. The lowest BCUT2D eigenvalue weighted by Crippen LogP contribution is -2.70. The van der Waals surface area contributed by atoms with Crippen LogP contribution < -0.4 is 4.90 Å². The van der Waals surface area contributed by atoms with Gasteiger partial charge in [-0.15, -0.1) is 11.8 Å². The average Bonchev–Trinajstić information content (AvgIpc) is 2.88. The summed E-state index contributed by atoms with van der Waals surface area (Å²) in [5.74, 6) is -0.618. The molecule has 0 aliphatic carbocycles. The van der Waals surface area contributed by atoms with Gasteiger partial charge < -0.3 is 15.1 Å². The number of para-hydroxylation sites is 1. The van der Waals surface area contributed by atoms with Crippen LogP contribution in [0.4, 0.5) is 5.69 Å². The highest BCUT2D eigenvalue weighted by Gasteiger charge is 2.57. The van der Waals surface area contributed by atoms with Crippen molar-refractivity contribution in [3.63, 3.8) is 0 Å². The van der Waals surface area contributed by atoms with Crippen LogP contribution in [0.3, 0.4) is 0 Å². The topological polar surface area (TPSA) is 81.1 Å². The van der Waals surface area contributed by atoms with Crippen LogP contribution >= 0.6 is 11.8 Å². The van der Waals surface area contributed by atoms with Crippen molar-refractivity contribution in [3.8, 4) is 5.75 Å². The molecule has 0 saturated carbocycles. The number of aliphatic hydroxyl groups is 1. The van der Waals surface area contributed by atoms with E-state index in [2.05, 4.69) is 0 Å². The number of anilines is 1. The first kappa shape index (κ1) is 14.2. The summed E-state index contributed by atoms with van der Waals surface area (Å²) in [5.41, 5.74) is 1.16. The van der Waals surface area contributed by atoms with Gasteiger partial charge in [-0.05, 0) is 17.9 Å². The fraction of sp³-hybridized carbons (Fsp3) is 0.429. The summed E-state index contributed by atoms with van der Waals surface area (Å²) >= 11 is 1.12. The largest absolute Gasteiger partial charge is 0.506 e. The van der Waals surface area contributed by atoms with Crippen LogP contribution in [-0.2, 0) is 16.0 Å². The Kier molecular flexibility index (Phi) is 3.14. The second-order valence-electron chi connectivity index (χ2n) is 5.22. The summed E-state index contributed by atoms with van der Waals surface area (Å²) in [4.78, 5) is 26.8. The van der Waals surface area contributed by atoms with E-state index in [1.54, 1.807) is 18.4 Å². The van der Waals surface area contributed by atoms with Crippen LogP contribution in [-0.4, -0.2) is 57.8 Å². The minimum absolute atomic E-state index is 0.0198. The SMILES string of the molecule is CSC1(CO)C(=O)N2c3c(O)cccc3CC2C(=O)N1C. The van der Waals surface area contributed by atoms with Crippen molar-refractivity contribution < 1.29 is 19.8 Å². The van der Waals surface area contributed by atoms with Gasteiger partial charge in [-0.1, -0.05) is 12.1 Å². The van der Waals surface area contributed by atoms with Crippen LogP contribution in [0, 0.1) is 0 Å². The molecule has 2 aliphatic heterocycles. The van der Waals surface area contributed by atoms with Crippen molar-refractivity contribution in [2.24, 2.45) is 0 Å². The molecular weight excluding hydrogens is 292 g/mol. The Morgan fingerprint density at radius 3 is 2.76 bits per heavy atom. The van der Waals surface area contributed by atoms with E-state index in [1.165, 1.54) is 22.9 Å². The number of aromatic hydroxyl groups is 1. The number of amides is 2. The molecule has 2 heterocycles. The summed E-state index contributed by atoms with van der Waals surface area (Å²) in [6.07, 6.45) is 2.06. The van der Waals surface area contributed by atoms with Gasteiger partial charge in [0.1, 0.15) is 11.8 Å². The number of fused-ring (bicyclic) bond motifs is 3. The minimum atomic E-state index is -1.34. The smallest absolute Gasteiger partial charge is 0.266 e. The third-order valence-electron chi connectivity index (χ3n) is 4.33. The number of thioether (sulfide) groups is 1. The molecule has 1 saturated heterocycles. The number of benzene rings is 1. The van der Waals surface area contributed by atoms with E-state index in [-0.39, 0.29) is 17.6 Å². The number of phenolic OH excluding ortho intramolecular Hbond substituents is 1. The van der Waals surface area contributed by atoms with Crippen LogP contribution in [0.2, 0.25) is 0 Å². The van der Waals surface area contributed by atoms with Gasteiger partial charge >= 0.3 is 0 Å². The zero-order valence-electron chi connectivity index (χ0n) is 11.7. The van der Waals surface area contributed by atoms with Crippen LogP contribution in [0.5, 0.6) is 5.75 Å². The summed E-state index contributed by atoms with van der Waals surface area (Å²) in [6.45, 7) is -0.471. The molecule has 112 valence electrons. The molecule has 2 unspecified atom stereocenters. The number of carbonyl (C=O) groups excluding carboxylic acids is 2. The number of piperazine rings is 1. The van der Waals surface area contributed by atoms with Gasteiger partial charge in [-0.25, -0.2) is 0 Å². The molecule has 0 radical (unpaired) electrons. The Labute approximate surface area is 126 Å². The van der Waals surface area contributed by atoms with Crippen LogP contribution in [0.25, 0.3) is 0 Å². The molecule has 0 spiro atoms. The molecule has 3 rings (SSSR count). The van der Waals surface area contributed by atoms with Crippen molar-refractivity contribution in [2.45, 2.75) is 17.3 Å². The number of likely N-dealkylation sites (N-methyl/N-ethyl adjacent to an activating group) is 1. The maximum Gasteiger partial charge on any atom is 0.266 e. The molecule has 2 atom stereocenters. The van der Waals surface area contributed by atoms with Crippen molar-refractivity contribution >= 4 is 29.3 Å². The van der Waals surface area contributed by atoms with Crippen molar-refractivity contribution in [1.29, 1.82) is 0 Å². The van der Waals surface area contributed by atoms with Gasteiger partial charge in [-0.3, -0.25) is 14.5 Å². The third-order valence-corrected chi connectivity index (χ3v) is 5.58. The monoisotopic (exact) mass is 308 g/mol. The maximum atomic E-state index is 12.9. The summed E-state index contributed by atoms with van der Waals surface area (Å²) in [7, 11) is 1.53. The Balaban J connectivity index is 2.17. The van der Waals surface area contributed by atoms with Gasteiger partial charge in [0.15, 0.2) is 4.87 Å². The van der Waals surface area contributed by atoms with Gasteiger partial charge in [-0.2, -0.15) is 0 Å². The summed E-state index contributed by atoms with van der Waals surface area (Å²) in [6, 6.07) is 4.35. The maximum absolute atomic E-state index is 12.9. The molecule has 0 aromatic heterocycles. The lowest BCUT2D eigenvalue weighted by molar-refractivity contribution is -0.147. The van der Waals surface area contributed by atoms with Crippen molar-refractivity contribution in [2.75, 3.05) is 24.8 Å². The highest BCUT2D eigenvalue weighted by molar-refractivity contribution is 8.00. The molecule has 0 bridgehead atoms. The zero-order valence-corrected chi connectivity index (χ0v) is 12.6. The molecule has 1 aromatic carbocycles. The number of rotatable bonds is 2. The highest BCUT2D eigenvalue weighted by Crippen LogP contribution is 2.46. The third kappa shape index (κ3) is 1.64. The first-order valence-corrected chi connectivity index (χ1v) is 7.78. The lowest BCUT2D eigenvalue weighted by Gasteiger charge is -2.47. The Hall–Kier alpha value is -1.73. The lowest BCUT2D eigenvalue weighted by atomic mass is 10.0. The van der Waals surface area contributed by atoms with Crippen LogP contribution in [0.15, 0.2) is 18.2 Å². The van der Waals surface area contributed by atoms with E-state index in [9.17, 15) is 19.8 Å². The van der Waals surface area contributed by atoms with Gasteiger partial charge in [0.2, 0.25) is 5.91 Å². The minimum Gasteiger partial charge on any atom is -0.506 e. The standard InChI is InChI=1S/C14H16N2O4S/c1-15-12(19)9-6-8-4-3-5-10(18)11(8)16(9)13(20)14(15,7-17)21-2/h3-5,9,17-18H,6-7H2,1-2H3. The Bertz CT molecular complexity index is 629. The van der Waals surface area contributed by atoms with Crippen molar-refractivity contribution in [1.82, 2.24) is 4.90 Å². The molecule has 1 fully saturated rings. The highest BCUT2D eigenvalue weighted by atomic mass is 32.2.